The highest BCUT2D eigenvalue weighted by Gasteiger charge is 2.19. The van der Waals surface area contributed by atoms with E-state index in [4.69, 9.17) is 4.74 Å². The Labute approximate surface area is 113 Å². The number of piperidine rings is 1. The van der Waals surface area contributed by atoms with Gasteiger partial charge in [0.05, 0.1) is 6.61 Å². The van der Waals surface area contributed by atoms with E-state index in [0.29, 0.717) is 0 Å². The summed E-state index contributed by atoms with van der Waals surface area (Å²) >= 11 is 0. The largest absolute Gasteiger partial charge is 0.380 e. The third-order valence-corrected chi connectivity index (χ3v) is 3.70. The summed E-state index contributed by atoms with van der Waals surface area (Å²) in [6.45, 7) is 13.3. The second-order valence-electron chi connectivity index (χ2n) is 5.81. The van der Waals surface area contributed by atoms with Crippen LogP contribution in [0, 0.1) is 5.92 Å². The lowest BCUT2D eigenvalue weighted by Gasteiger charge is -2.34. The molecule has 1 N–H and O–H groups in total. The van der Waals surface area contributed by atoms with Gasteiger partial charge in [0.25, 0.3) is 0 Å². The first-order valence-corrected chi connectivity index (χ1v) is 7.76. The van der Waals surface area contributed by atoms with E-state index < -0.39 is 0 Å². The normalized spacial score (nSPS) is 17.8. The van der Waals surface area contributed by atoms with Crippen LogP contribution in [0.15, 0.2) is 0 Å². The van der Waals surface area contributed by atoms with Crippen molar-refractivity contribution in [2.75, 3.05) is 39.4 Å². The first-order chi connectivity index (χ1) is 8.74. The second kappa shape index (κ2) is 9.76. The number of hydrogen-bond acceptors (Lipinski definition) is 3. The molecule has 1 rings (SSSR count). The predicted octanol–water partition coefficient (Wildman–Crippen LogP) is 2.51. The molecule has 0 aliphatic carbocycles. The maximum absolute atomic E-state index is 5.75. The van der Waals surface area contributed by atoms with Crippen LogP contribution in [0.3, 0.4) is 0 Å². The monoisotopic (exact) mass is 256 g/mol. The van der Waals surface area contributed by atoms with Crippen LogP contribution >= 0.6 is 0 Å². The van der Waals surface area contributed by atoms with E-state index >= 15 is 0 Å². The lowest BCUT2D eigenvalue weighted by atomic mass is 10.0. The van der Waals surface area contributed by atoms with E-state index in [0.717, 1.165) is 31.7 Å². The van der Waals surface area contributed by atoms with Crippen molar-refractivity contribution in [2.45, 2.75) is 52.5 Å². The fourth-order valence-corrected chi connectivity index (χ4v) is 2.54. The van der Waals surface area contributed by atoms with Gasteiger partial charge in [0.2, 0.25) is 0 Å². The molecule has 1 saturated heterocycles. The topological polar surface area (TPSA) is 24.5 Å². The van der Waals surface area contributed by atoms with Gasteiger partial charge in [-0.2, -0.15) is 0 Å². The van der Waals surface area contributed by atoms with Crippen molar-refractivity contribution in [3.8, 4) is 0 Å². The molecule has 0 atom stereocenters. The van der Waals surface area contributed by atoms with E-state index in [9.17, 15) is 0 Å². The summed E-state index contributed by atoms with van der Waals surface area (Å²) in [7, 11) is 0. The summed E-state index contributed by atoms with van der Waals surface area (Å²) in [5.74, 6) is 0.751. The highest BCUT2D eigenvalue weighted by atomic mass is 16.5. The first-order valence-electron chi connectivity index (χ1n) is 7.76. The molecule has 0 aromatic carbocycles. The molecule has 18 heavy (non-hydrogen) atoms. The fraction of sp³-hybridized carbons (Fsp3) is 1.00. The average molecular weight is 256 g/mol. The smallest absolute Gasteiger partial charge is 0.0593 e. The average Bonchev–Trinajstić information content (AvgIpc) is 2.38. The van der Waals surface area contributed by atoms with Gasteiger partial charge in [0.15, 0.2) is 0 Å². The molecule has 0 radical (unpaired) electrons. The van der Waals surface area contributed by atoms with Crippen molar-refractivity contribution in [1.82, 2.24) is 10.2 Å². The quantitative estimate of drug-likeness (QED) is 0.642. The maximum Gasteiger partial charge on any atom is 0.0593 e. The van der Waals surface area contributed by atoms with E-state index in [-0.39, 0.29) is 0 Å². The van der Waals surface area contributed by atoms with Crippen molar-refractivity contribution < 1.29 is 4.74 Å². The Bertz CT molecular complexity index is 191. The summed E-state index contributed by atoms with van der Waals surface area (Å²) in [5, 5.41) is 3.44. The van der Waals surface area contributed by atoms with Gasteiger partial charge < -0.3 is 10.1 Å². The molecule has 0 saturated carbocycles. The molecular weight excluding hydrogens is 224 g/mol. The van der Waals surface area contributed by atoms with Crippen LogP contribution in [-0.2, 0) is 4.74 Å². The summed E-state index contributed by atoms with van der Waals surface area (Å²) in [6.07, 6.45) is 5.02. The molecule has 0 aromatic heterocycles. The number of nitrogens with zero attached hydrogens (tertiary/aromatic N) is 1. The maximum atomic E-state index is 5.75. The third-order valence-electron chi connectivity index (χ3n) is 3.70. The zero-order chi connectivity index (χ0) is 13.2. The number of rotatable bonds is 9. The molecule has 1 aliphatic rings. The van der Waals surface area contributed by atoms with Gasteiger partial charge in [0.1, 0.15) is 0 Å². The minimum absolute atomic E-state index is 0.751. The molecule has 0 unspecified atom stereocenters. The van der Waals surface area contributed by atoms with Crippen LogP contribution in [0.2, 0.25) is 0 Å². The van der Waals surface area contributed by atoms with Crippen molar-refractivity contribution in [3.05, 3.63) is 0 Å². The molecule has 1 aliphatic heterocycles. The summed E-state index contributed by atoms with van der Waals surface area (Å²) in [5.41, 5.74) is 0. The Morgan fingerprint density at radius 2 is 1.89 bits per heavy atom. The molecule has 3 heteroatoms. The zero-order valence-corrected chi connectivity index (χ0v) is 12.6. The molecule has 1 fully saturated rings. The van der Waals surface area contributed by atoms with Crippen LogP contribution in [0.1, 0.15) is 46.5 Å². The van der Waals surface area contributed by atoms with Gasteiger partial charge in [-0.05, 0) is 51.2 Å². The molecule has 0 bridgehead atoms. The fourth-order valence-electron chi connectivity index (χ4n) is 2.54. The molecule has 0 aromatic rings. The van der Waals surface area contributed by atoms with E-state index in [1.807, 2.05) is 0 Å². The number of hydrogen-bond donors (Lipinski definition) is 1. The van der Waals surface area contributed by atoms with Crippen molar-refractivity contribution >= 4 is 0 Å². The summed E-state index contributed by atoms with van der Waals surface area (Å²) < 4.78 is 5.75. The van der Waals surface area contributed by atoms with Crippen LogP contribution < -0.4 is 5.32 Å². The van der Waals surface area contributed by atoms with Gasteiger partial charge >= 0.3 is 0 Å². The van der Waals surface area contributed by atoms with Crippen LogP contribution in [0.5, 0.6) is 0 Å². The standard InChI is InChI=1S/C15H32N2O/c1-4-10-17(15-5-8-16-9-6-15)11-13-18-12-7-14(2)3/h14-16H,4-13H2,1-3H3. The van der Waals surface area contributed by atoms with Crippen LogP contribution in [0.4, 0.5) is 0 Å². The van der Waals surface area contributed by atoms with Crippen LogP contribution in [-0.4, -0.2) is 50.3 Å². The van der Waals surface area contributed by atoms with E-state index in [1.165, 1.54) is 45.3 Å². The van der Waals surface area contributed by atoms with E-state index in [1.54, 1.807) is 0 Å². The Morgan fingerprint density at radius 3 is 2.50 bits per heavy atom. The van der Waals surface area contributed by atoms with Gasteiger partial charge in [-0.15, -0.1) is 0 Å². The SMILES string of the molecule is CCCN(CCOCCC(C)C)C1CCNCC1. The summed E-state index contributed by atoms with van der Waals surface area (Å²) in [6, 6.07) is 0.778. The van der Waals surface area contributed by atoms with Crippen molar-refractivity contribution in [1.29, 1.82) is 0 Å². The zero-order valence-electron chi connectivity index (χ0n) is 12.6. The number of nitrogens with one attached hydrogen (secondary N) is 1. The van der Waals surface area contributed by atoms with Gasteiger partial charge in [-0.3, -0.25) is 4.90 Å². The Morgan fingerprint density at radius 1 is 1.17 bits per heavy atom. The molecule has 108 valence electrons. The van der Waals surface area contributed by atoms with Crippen LogP contribution in [0.25, 0.3) is 0 Å². The Hall–Kier alpha value is -0.120. The van der Waals surface area contributed by atoms with Gasteiger partial charge in [-0.25, -0.2) is 0 Å². The van der Waals surface area contributed by atoms with E-state index in [2.05, 4.69) is 31.0 Å². The lowest BCUT2D eigenvalue weighted by molar-refractivity contribution is 0.0731. The minimum Gasteiger partial charge on any atom is -0.380 e. The lowest BCUT2D eigenvalue weighted by Crippen LogP contribution is -2.44. The van der Waals surface area contributed by atoms with Crippen molar-refractivity contribution in [2.24, 2.45) is 5.92 Å². The highest BCUT2D eigenvalue weighted by Crippen LogP contribution is 2.12. The van der Waals surface area contributed by atoms with Crippen molar-refractivity contribution in [3.63, 3.8) is 0 Å². The Balaban J connectivity index is 2.16. The first kappa shape index (κ1) is 15.9. The third kappa shape index (κ3) is 6.72. The number of ether oxygens (including phenoxy) is 1. The predicted molar refractivity (Wildman–Crippen MR) is 78.0 cm³/mol. The molecule has 3 nitrogen and oxygen atoms in total. The molecule has 1 heterocycles. The molecule has 0 amide bonds. The highest BCUT2D eigenvalue weighted by molar-refractivity contribution is 4.77. The minimum atomic E-state index is 0.751. The van der Waals surface area contributed by atoms with Gasteiger partial charge in [-0.1, -0.05) is 20.8 Å². The molecule has 0 spiro atoms. The summed E-state index contributed by atoms with van der Waals surface area (Å²) in [4.78, 5) is 2.64. The second-order valence-corrected chi connectivity index (χ2v) is 5.81. The van der Waals surface area contributed by atoms with Gasteiger partial charge in [0, 0.05) is 19.2 Å². The molecular formula is C15H32N2O. The Kier molecular flexibility index (Phi) is 8.64.